The monoisotopic (exact) mass is 475 g/mol. The maximum absolute atomic E-state index is 12.0. The summed E-state index contributed by atoms with van der Waals surface area (Å²) in [6.45, 7) is 1.97. The normalized spacial score (nSPS) is 11.2. The lowest BCUT2D eigenvalue weighted by Crippen LogP contribution is -2.10. The van der Waals surface area contributed by atoms with Crippen molar-refractivity contribution < 1.29 is 4.79 Å². The molecule has 6 heterocycles. The summed E-state index contributed by atoms with van der Waals surface area (Å²) in [6, 6.07) is 9.58. The molecule has 176 valence electrons. The van der Waals surface area contributed by atoms with Crippen LogP contribution in [0.2, 0.25) is 0 Å². The minimum atomic E-state index is -0.0350. The number of hydrogen-bond acceptors (Lipinski definition) is 7. The molecule has 3 N–H and O–H groups in total. The van der Waals surface area contributed by atoms with E-state index in [-0.39, 0.29) is 5.91 Å². The lowest BCUT2D eigenvalue weighted by molar-refractivity contribution is -0.116. The van der Waals surface area contributed by atoms with E-state index in [1.54, 1.807) is 37.2 Å². The van der Waals surface area contributed by atoms with Crippen LogP contribution >= 0.6 is 0 Å². The number of aromatic amines is 2. The summed E-state index contributed by atoms with van der Waals surface area (Å²) >= 11 is 0. The van der Waals surface area contributed by atoms with E-state index in [1.165, 1.54) is 0 Å². The van der Waals surface area contributed by atoms with Crippen molar-refractivity contribution in [3.8, 4) is 33.9 Å². The molecule has 0 bridgehead atoms. The number of carbonyl (C=O) groups is 1. The van der Waals surface area contributed by atoms with Gasteiger partial charge in [-0.3, -0.25) is 24.8 Å². The first-order chi connectivity index (χ1) is 17.7. The number of fused-ring (bicyclic) bond motifs is 2. The molecular weight excluding hydrogens is 454 g/mol. The molecule has 6 rings (SSSR count). The van der Waals surface area contributed by atoms with Crippen LogP contribution in [0.4, 0.5) is 5.69 Å². The first kappa shape index (κ1) is 21.5. The van der Waals surface area contributed by atoms with Crippen LogP contribution in [0.15, 0.2) is 67.5 Å². The first-order valence-corrected chi connectivity index (χ1v) is 11.5. The molecule has 0 radical (unpaired) electrons. The van der Waals surface area contributed by atoms with Crippen molar-refractivity contribution in [3.05, 3.63) is 67.5 Å². The highest BCUT2D eigenvalue weighted by atomic mass is 16.1. The Labute approximate surface area is 205 Å². The average Bonchev–Trinajstić information content (AvgIpc) is 3.53. The summed E-state index contributed by atoms with van der Waals surface area (Å²) in [5.74, 6) is 0.569. The van der Waals surface area contributed by atoms with Crippen molar-refractivity contribution in [2.75, 3.05) is 5.32 Å². The van der Waals surface area contributed by atoms with Crippen molar-refractivity contribution in [1.82, 2.24) is 40.1 Å². The number of imidazole rings is 1. The minimum absolute atomic E-state index is 0.0350. The quantitative estimate of drug-likeness (QED) is 0.316. The summed E-state index contributed by atoms with van der Waals surface area (Å²) in [5.41, 5.74) is 6.82. The zero-order valence-electron chi connectivity index (χ0n) is 19.4. The van der Waals surface area contributed by atoms with E-state index in [9.17, 15) is 4.79 Å². The van der Waals surface area contributed by atoms with Gasteiger partial charge in [-0.15, -0.1) is 0 Å². The van der Waals surface area contributed by atoms with Crippen molar-refractivity contribution in [1.29, 1.82) is 0 Å². The van der Waals surface area contributed by atoms with Gasteiger partial charge in [-0.1, -0.05) is 6.92 Å². The van der Waals surface area contributed by atoms with Gasteiger partial charge in [-0.2, -0.15) is 5.10 Å². The molecule has 36 heavy (non-hydrogen) atoms. The van der Waals surface area contributed by atoms with Crippen LogP contribution < -0.4 is 5.32 Å². The Morgan fingerprint density at radius 3 is 2.69 bits per heavy atom. The Balaban J connectivity index is 1.40. The highest BCUT2D eigenvalue weighted by Crippen LogP contribution is 2.31. The van der Waals surface area contributed by atoms with E-state index in [0.29, 0.717) is 29.3 Å². The molecule has 0 saturated heterocycles. The molecule has 0 atom stereocenters. The molecule has 0 aromatic carbocycles. The predicted molar refractivity (Wildman–Crippen MR) is 137 cm³/mol. The first-order valence-electron chi connectivity index (χ1n) is 11.5. The zero-order chi connectivity index (χ0) is 24.5. The van der Waals surface area contributed by atoms with E-state index in [2.05, 4.69) is 40.4 Å². The van der Waals surface area contributed by atoms with Gasteiger partial charge in [0.05, 0.1) is 28.5 Å². The van der Waals surface area contributed by atoms with E-state index in [1.807, 2.05) is 37.3 Å². The lowest BCUT2D eigenvalue weighted by Gasteiger charge is -2.07. The molecular formula is C26H21N9O. The van der Waals surface area contributed by atoms with Crippen molar-refractivity contribution in [2.24, 2.45) is 0 Å². The Bertz CT molecular complexity index is 1710. The summed E-state index contributed by atoms with van der Waals surface area (Å²) in [7, 11) is 0. The lowest BCUT2D eigenvalue weighted by atomic mass is 10.1. The van der Waals surface area contributed by atoms with Crippen LogP contribution in [-0.4, -0.2) is 46.0 Å². The van der Waals surface area contributed by atoms with E-state index >= 15 is 0 Å². The van der Waals surface area contributed by atoms with Gasteiger partial charge in [0.2, 0.25) is 5.91 Å². The number of nitrogens with one attached hydrogen (secondary N) is 3. The second-order valence-electron chi connectivity index (χ2n) is 8.34. The predicted octanol–water partition coefficient (Wildman–Crippen LogP) is 4.76. The SMILES string of the molecule is CCCC(=O)Nc1cncc(-c2cnc3[nH]nc(-c4nc5c(-c6cccnc6)nccc5[nH]4)c3c2)c1. The number of carbonyl (C=O) groups excluding carboxylic acids is 1. The number of aromatic nitrogens is 8. The smallest absolute Gasteiger partial charge is 0.224 e. The molecule has 0 fully saturated rings. The summed E-state index contributed by atoms with van der Waals surface area (Å²) in [6.07, 6.45) is 11.6. The number of rotatable bonds is 6. The van der Waals surface area contributed by atoms with Gasteiger partial charge in [0.25, 0.3) is 0 Å². The maximum Gasteiger partial charge on any atom is 0.224 e. The second-order valence-corrected chi connectivity index (χ2v) is 8.34. The number of amides is 1. The van der Waals surface area contributed by atoms with Crippen molar-refractivity contribution >= 4 is 33.7 Å². The van der Waals surface area contributed by atoms with Crippen LogP contribution in [-0.2, 0) is 4.79 Å². The highest BCUT2D eigenvalue weighted by Gasteiger charge is 2.17. The summed E-state index contributed by atoms with van der Waals surface area (Å²) in [5, 5.41) is 11.2. The number of anilines is 1. The van der Waals surface area contributed by atoms with E-state index in [0.717, 1.165) is 45.2 Å². The summed E-state index contributed by atoms with van der Waals surface area (Å²) < 4.78 is 0. The van der Waals surface area contributed by atoms with Gasteiger partial charge >= 0.3 is 0 Å². The van der Waals surface area contributed by atoms with E-state index < -0.39 is 0 Å². The second kappa shape index (κ2) is 8.99. The maximum atomic E-state index is 12.0. The molecule has 6 aromatic heterocycles. The molecule has 0 aliphatic rings. The number of hydrogen-bond donors (Lipinski definition) is 3. The average molecular weight is 476 g/mol. The van der Waals surface area contributed by atoms with E-state index in [4.69, 9.17) is 4.98 Å². The third-order valence-electron chi connectivity index (χ3n) is 5.81. The molecule has 1 amide bonds. The third-order valence-corrected chi connectivity index (χ3v) is 5.81. The molecule has 10 nitrogen and oxygen atoms in total. The highest BCUT2D eigenvalue weighted by molar-refractivity contribution is 5.96. The molecule has 10 heteroatoms. The standard InChI is InChI=1S/C26H21N9O/c1-2-4-21(36)31-18-9-16(12-28-14-18)17-10-19-23(34-35-25(19)30-13-17)26-32-20-6-8-29-22(24(20)33-26)15-5-3-7-27-11-15/h3,5-14H,2,4H2,1H3,(H,31,36)(H,32,33)(H,30,34,35). The minimum Gasteiger partial charge on any atom is -0.336 e. The molecule has 0 spiro atoms. The van der Waals surface area contributed by atoms with Gasteiger partial charge in [0.15, 0.2) is 11.5 Å². The number of nitrogens with zero attached hydrogens (tertiary/aromatic N) is 6. The van der Waals surface area contributed by atoms with Gasteiger partial charge in [0, 0.05) is 54.1 Å². The molecule has 6 aromatic rings. The van der Waals surface area contributed by atoms with Crippen LogP contribution in [0.25, 0.3) is 56.0 Å². The zero-order valence-corrected chi connectivity index (χ0v) is 19.4. The summed E-state index contributed by atoms with van der Waals surface area (Å²) in [4.78, 5) is 37.8. The van der Waals surface area contributed by atoms with Crippen LogP contribution in [0.1, 0.15) is 19.8 Å². The Morgan fingerprint density at radius 2 is 1.83 bits per heavy atom. The Morgan fingerprint density at radius 1 is 0.944 bits per heavy atom. The fourth-order valence-electron chi connectivity index (χ4n) is 4.12. The van der Waals surface area contributed by atoms with Crippen LogP contribution in [0.3, 0.4) is 0 Å². The molecule has 0 unspecified atom stereocenters. The Kier molecular flexibility index (Phi) is 5.38. The van der Waals surface area contributed by atoms with Crippen LogP contribution in [0, 0.1) is 0 Å². The number of pyridine rings is 4. The van der Waals surface area contributed by atoms with Gasteiger partial charge in [0.1, 0.15) is 11.2 Å². The molecule has 0 aliphatic heterocycles. The fraction of sp³-hybridized carbons (Fsp3) is 0.115. The third kappa shape index (κ3) is 3.94. The van der Waals surface area contributed by atoms with Crippen LogP contribution in [0.5, 0.6) is 0 Å². The largest absolute Gasteiger partial charge is 0.336 e. The topological polar surface area (TPSA) is 138 Å². The molecule has 0 aliphatic carbocycles. The van der Waals surface area contributed by atoms with Gasteiger partial charge in [-0.05, 0) is 36.8 Å². The fourth-order valence-corrected chi connectivity index (χ4v) is 4.12. The van der Waals surface area contributed by atoms with Gasteiger partial charge in [-0.25, -0.2) is 9.97 Å². The number of H-pyrrole nitrogens is 2. The van der Waals surface area contributed by atoms with Crippen molar-refractivity contribution in [3.63, 3.8) is 0 Å². The van der Waals surface area contributed by atoms with Crippen molar-refractivity contribution in [2.45, 2.75) is 19.8 Å². The van der Waals surface area contributed by atoms with Gasteiger partial charge < -0.3 is 10.3 Å². The molecule has 0 saturated carbocycles. The Hall–Kier alpha value is -4.99.